The first-order valence-corrected chi connectivity index (χ1v) is 8.31. The number of carbonyl (C=O) groups is 1. The second-order valence-corrected chi connectivity index (χ2v) is 6.68. The smallest absolute Gasteiger partial charge is 0.349 e. The summed E-state index contributed by atoms with van der Waals surface area (Å²) in [6, 6.07) is 12.5. The first-order valence-electron chi connectivity index (χ1n) is 7.43. The molecule has 1 N–H and O–H groups in total. The Morgan fingerprint density at radius 3 is 2.65 bits per heavy atom. The lowest BCUT2D eigenvalue weighted by Gasteiger charge is -2.21. The number of hydrogen-bond acceptors (Lipinski definition) is 4. The number of benzene rings is 1. The van der Waals surface area contributed by atoms with Gasteiger partial charge in [-0.2, -0.15) is 0 Å². The van der Waals surface area contributed by atoms with Crippen molar-refractivity contribution in [3.05, 3.63) is 68.7 Å². The Balaban J connectivity index is 1.93. The zero-order chi connectivity index (χ0) is 16.4. The van der Waals surface area contributed by atoms with Gasteiger partial charge in [-0.15, -0.1) is 11.3 Å². The van der Waals surface area contributed by atoms with Crippen LogP contribution in [0.1, 0.15) is 35.1 Å². The van der Waals surface area contributed by atoms with Gasteiger partial charge in [0.05, 0.1) is 6.04 Å². The van der Waals surface area contributed by atoms with E-state index in [1.807, 2.05) is 43.5 Å². The standard InChI is InChI=1S/C18H17NO3S/c1-11(2)16(15-8-5-9-23-15)19-17(20)13-10-12-6-3-4-7-14(12)22-18(13)21/h3-11,16H,1-2H3,(H,19,20)/t16-/m1/s1. The number of rotatable bonds is 4. The monoisotopic (exact) mass is 327 g/mol. The van der Waals surface area contributed by atoms with Crippen LogP contribution in [0, 0.1) is 5.92 Å². The molecule has 4 nitrogen and oxygen atoms in total. The van der Waals surface area contributed by atoms with Crippen molar-refractivity contribution >= 4 is 28.2 Å². The van der Waals surface area contributed by atoms with E-state index in [1.165, 1.54) is 0 Å². The predicted molar refractivity (Wildman–Crippen MR) is 91.8 cm³/mol. The molecule has 3 aromatic rings. The highest BCUT2D eigenvalue weighted by atomic mass is 32.1. The van der Waals surface area contributed by atoms with Gasteiger partial charge in [0, 0.05) is 10.3 Å². The van der Waals surface area contributed by atoms with E-state index < -0.39 is 11.5 Å². The average molecular weight is 327 g/mol. The van der Waals surface area contributed by atoms with Crippen LogP contribution in [-0.4, -0.2) is 5.91 Å². The van der Waals surface area contributed by atoms with E-state index in [-0.39, 0.29) is 17.5 Å². The lowest BCUT2D eigenvalue weighted by atomic mass is 10.0. The summed E-state index contributed by atoms with van der Waals surface area (Å²) in [4.78, 5) is 25.7. The predicted octanol–water partition coefficient (Wildman–Crippen LogP) is 3.98. The highest BCUT2D eigenvalue weighted by Crippen LogP contribution is 2.26. The average Bonchev–Trinajstić information content (AvgIpc) is 3.05. The minimum absolute atomic E-state index is 0.0332. The fourth-order valence-electron chi connectivity index (χ4n) is 2.47. The van der Waals surface area contributed by atoms with Crippen molar-refractivity contribution < 1.29 is 9.21 Å². The zero-order valence-electron chi connectivity index (χ0n) is 12.9. The Kier molecular flexibility index (Phi) is 4.30. The van der Waals surface area contributed by atoms with Crippen molar-refractivity contribution in [2.45, 2.75) is 19.9 Å². The number of fused-ring (bicyclic) bond motifs is 1. The molecule has 0 unspecified atom stereocenters. The first-order chi connectivity index (χ1) is 11.1. The van der Waals surface area contributed by atoms with E-state index >= 15 is 0 Å². The second-order valence-electron chi connectivity index (χ2n) is 5.70. The first kappa shape index (κ1) is 15.5. The van der Waals surface area contributed by atoms with E-state index in [0.29, 0.717) is 5.58 Å². The molecule has 0 aliphatic heterocycles. The Morgan fingerprint density at radius 2 is 1.96 bits per heavy atom. The summed E-state index contributed by atoms with van der Waals surface area (Å²) in [5.41, 5.74) is -0.103. The summed E-state index contributed by atoms with van der Waals surface area (Å²) >= 11 is 1.59. The van der Waals surface area contributed by atoms with Crippen molar-refractivity contribution in [2.24, 2.45) is 5.92 Å². The van der Waals surface area contributed by atoms with Crippen molar-refractivity contribution in [2.75, 3.05) is 0 Å². The number of para-hydroxylation sites is 1. The van der Waals surface area contributed by atoms with Gasteiger partial charge in [0.15, 0.2) is 0 Å². The molecule has 5 heteroatoms. The van der Waals surface area contributed by atoms with E-state index in [1.54, 1.807) is 29.5 Å². The zero-order valence-corrected chi connectivity index (χ0v) is 13.7. The van der Waals surface area contributed by atoms with Gasteiger partial charge in [-0.3, -0.25) is 4.79 Å². The number of amides is 1. The highest BCUT2D eigenvalue weighted by molar-refractivity contribution is 7.10. The van der Waals surface area contributed by atoms with Crippen LogP contribution in [-0.2, 0) is 0 Å². The lowest BCUT2D eigenvalue weighted by molar-refractivity contribution is 0.0923. The van der Waals surface area contributed by atoms with Gasteiger partial charge >= 0.3 is 5.63 Å². The van der Waals surface area contributed by atoms with Gasteiger partial charge in [-0.25, -0.2) is 4.79 Å². The fraction of sp³-hybridized carbons (Fsp3) is 0.222. The summed E-state index contributed by atoms with van der Waals surface area (Å²) < 4.78 is 5.23. The molecule has 0 aliphatic rings. The number of thiophene rings is 1. The molecular weight excluding hydrogens is 310 g/mol. The van der Waals surface area contributed by atoms with Crippen molar-refractivity contribution in [3.8, 4) is 0 Å². The molecule has 1 aromatic carbocycles. The van der Waals surface area contributed by atoms with Crippen LogP contribution in [0.25, 0.3) is 11.0 Å². The summed E-state index contributed by atoms with van der Waals surface area (Å²) in [6.45, 7) is 4.07. The van der Waals surface area contributed by atoms with E-state index in [4.69, 9.17) is 4.42 Å². The molecule has 0 spiro atoms. The SMILES string of the molecule is CC(C)[C@@H](NC(=O)c1cc2ccccc2oc1=O)c1cccs1. The molecular formula is C18H17NO3S. The van der Waals surface area contributed by atoms with Gasteiger partial charge in [0.2, 0.25) is 0 Å². The normalized spacial score (nSPS) is 12.5. The molecule has 1 atom stereocenters. The van der Waals surface area contributed by atoms with Gasteiger partial charge in [-0.05, 0) is 29.5 Å². The topological polar surface area (TPSA) is 59.3 Å². The van der Waals surface area contributed by atoms with Crippen LogP contribution in [0.3, 0.4) is 0 Å². The molecule has 0 fully saturated rings. The van der Waals surface area contributed by atoms with Crippen LogP contribution in [0.5, 0.6) is 0 Å². The third-order valence-corrected chi connectivity index (χ3v) is 4.64. The number of nitrogens with one attached hydrogen (secondary N) is 1. The fourth-order valence-corrected chi connectivity index (χ4v) is 3.42. The Morgan fingerprint density at radius 1 is 1.17 bits per heavy atom. The van der Waals surface area contributed by atoms with Crippen LogP contribution in [0.15, 0.2) is 57.1 Å². The molecule has 0 saturated carbocycles. The molecule has 0 saturated heterocycles. The van der Waals surface area contributed by atoms with Gasteiger partial charge < -0.3 is 9.73 Å². The summed E-state index contributed by atoms with van der Waals surface area (Å²) in [5.74, 6) is -0.193. The minimum Gasteiger partial charge on any atom is -0.422 e. The summed E-state index contributed by atoms with van der Waals surface area (Å²) in [5, 5.41) is 5.66. The van der Waals surface area contributed by atoms with Crippen LogP contribution >= 0.6 is 11.3 Å². The highest BCUT2D eigenvalue weighted by Gasteiger charge is 2.22. The summed E-state index contributed by atoms with van der Waals surface area (Å²) in [7, 11) is 0. The molecule has 2 aromatic heterocycles. The maximum Gasteiger partial charge on any atom is 0.349 e. The van der Waals surface area contributed by atoms with Crippen molar-refractivity contribution in [1.29, 1.82) is 0 Å². The van der Waals surface area contributed by atoms with Gasteiger partial charge in [-0.1, -0.05) is 38.1 Å². The minimum atomic E-state index is -0.616. The maximum absolute atomic E-state index is 12.6. The van der Waals surface area contributed by atoms with Crippen molar-refractivity contribution in [3.63, 3.8) is 0 Å². The molecule has 2 heterocycles. The molecule has 118 valence electrons. The van der Waals surface area contributed by atoms with Crippen molar-refractivity contribution in [1.82, 2.24) is 5.32 Å². The quantitative estimate of drug-likeness (QED) is 0.737. The lowest BCUT2D eigenvalue weighted by Crippen LogP contribution is -2.34. The third-order valence-electron chi connectivity index (χ3n) is 3.69. The molecule has 0 aliphatic carbocycles. The summed E-state index contributed by atoms with van der Waals surface area (Å²) in [6.07, 6.45) is 0. The maximum atomic E-state index is 12.6. The van der Waals surface area contributed by atoms with Crippen LogP contribution in [0.2, 0.25) is 0 Å². The van der Waals surface area contributed by atoms with E-state index in [9.17, 15) is 9.59 Å². The molecule has 1 amide bonds. The van der Waals surface area contributed by atoms with Gasteiger partial charge in [0.25, 0.3) is 5.91 Å². The van der Waals surface area contributed by atoms with E-state index in [2.05, 4.69) is 5.32 Å². The molecule has 3 rings (SSSR count). The van der Waals surface area contributed by atoms with E-state index in [0.717, 1.165) is 10.3 Å². The van der Waals surface area contributed by atoms with Gasteiger partial charge in [0.1, 0.15) is 11.1 Å². The molecule has 0 bridgehead atoms. The number of hydrogen-bond donors (Lipinski definition) is 1. The third kappa shape index (κ3) is 3.19. The van der Waals surface area contributed by atoms with Crippen LogP contribution in [0.4, 0.5) is 0 Å². The number of carbonyl (C=O) groups excluding carboxylic acids is 1. The Labute approximate surface area is 137 Å². The van der Waals surface area contributed by atoms with Crippen LogP contribution < -0.4 is 10.9 Å². The second kappa shape index (κ2) is 6.38. The molecule has 0 radical (unpaired) electrons. The Hall–Kier alpha value is -2.40. The molecule has 23 heavy (non-hydrogen) atoms. The Bertz CT molecular complexity index is 881. The largest absolute Gasteiger partial charge is 0.422 e.